The fraction of sp³-hybridized carbons (Fsp3) is 0.333. The van der Waals surface area contributed by atoms with Gasteiger partial charge in [0.15, 0.2) is 0 Å². The maximum atomic E-state index is 12.1. The molecule has 0 fully saturated rings. The van der Waals surface area contributed by atoms with Crippen LogP contribution < -0.4 is 10.5 Å². The van der Waals surface area contributed by atoms with Crippen molar-refractivity contribution in [1.29, 1.82) is 0 Å². The Balaban J connectivity index is 3.15. The Labute approximate surface area is 103 Å². The molecule has 1 rings (SSSR count). The largest absolute Gasteiger partial charge is 0.397 e. The second kappa shape index (κ2) is 5.33. The molecule has 0 aromatic heterocycles. The first-order chi connectivity index (χ1) is 7.90. The molecule has 0 heterocycles. The highest BCUT2D eigenvalue weighted by Gasteiger charge is 2.20. The number of hydrogen-bond donors (Lipinski definition) is 2. The molecule has 0 saturated heterocycles. The highest BCUT2D eigenvalue weighted by atomic mass is 32.2. The van der Waals surface area contributed by atoms with Gasteiger partial charge in [-0.1, -0.05) is 18.2 Å². The molecule has 0 spiro atoms. The highest BCUT2D eigenvalue weighted by Crippen LogP contribution is 2.25. The van der Waals surface area contributed by atoms with E-state index in [2.05, 4.69) is 11.3 Å². The summed E-state index contributed by atoms with van der Waals surface area (Å²) in [5, 5.41) is 0. The lowest BCUT2D eigenvalue weighted by atomic mass is 10.1. The monoisotopic (exact) mass is 254 g/mol. The van der Waals surface area contributed by atoms with Crippen LogP contribution in [0.4, 0.5) is 5.69 Å². The molecule has 0 radical (unpaired) electrons. The number of nitrogens with two attached hydrogens (primary N) is 1. The quantitative estimate of drug-likeness (QED) is 0.477. The van der Waals surface area contributed by atoms with Crippen LogP contribution in [0.25, 0.3) is 0 Å². The molecule has 0 unspecified atom stereocenters. The summed E-state index contributed by atoms with van der Waals surface area (Å²) in [6.45, 7) is 7.40. The maximum absolute atomic E-state index is 12.1. The molecule has 0 saturated carbocycles. The molecule has 1 aromatic carbocycles. The van der Waals surface area contributed by atoms with Crippen LogP contribution in [0.5, 0.6) is 0 Å². The van der Waals surface area contributed by atoms with Crippen molar-refractivity contribution in [2.75, 3.05) is 12.3 Å². The Morgan fingerprint density at radius 1 is 1.35 bits per heavy atom. The normalized spacial score (nSPS) is 11.4. The first-order valence-electron chi connectivity index (χ1n) is 5.36. The summed E-state index contributed by atoms with van der Waals surface area (Å²) < 4.78 is 26.7. The standard InChI is InChI=1S/C12H18N2O2S/c1-4-5-8-14-17(15,16)12-10(3)7-6-9(2)11(12)13/h4,6-7,14H,1,5,8,13H2,2-3H3. The van der Waals surface area contributed by atoms with Gasteiger partial charge in [-0.3, -0.25) is 0 Å². The summed E-state index contributed by atoms with van der Waals surface area (Å²) in [6.07, 6.45) is 2.25. The lowest BCUT2D eigenvalue weighted by Gasteiger charge is -2.13. The zero-order chi connectivity index (χ0) is 13.1. The van der Waals surface area contributed by atoms with Gasteiger partial charge in [-0.15, -0.1) is 6.58 Å². The van der Waals surface area contributed by atoms with Crippen LogP contribution in [-0.2, 0) is 10.0 Å². The number of aryl methyl sites for hydroxylation is 2. The molecule has 4 nitrogen and oxygen atoms in total. The SMILES string of the molecule is C=CCCNS(=O)(=O)c1c(C)ccc(C)c1N. The van der Waals surface area contributed by atoms with Crippen LogP contribution in [0.2, 0.25) is 0 Å². The Morgan fingerprint density at radius 2 is 1.94 bits per heavy atom. The Kier molecular flexibility index (Phi) is 4.31. The van der Waals surface area contributed by atoms with E-state index in [0.29, 0.717) is 24.2 Å². The van der Waals surface area contributed by atoms with Crippen molar-refractivity contribution in [3.8, 4) is 0 Å². The number of sulfonamides is 1. The summed E-state index contributed by atoms with van der Waals surface area (Å²) in [5.74, 6) is 0. The maximum Gasteiger partial charge on any atom is 0.242 e. The van der Waals surface area contributed by atoms with E-state index >= 15 is 0 Å². The molecule has 0 amide bonds. The van der Waals surface area contributed by atoms with Gasteiger partial charge in [-0.25, -0.2) is 13.1 Å². The van der Waals surface area contributed by atoms with Crippen molar-refractivity contribution in [2.45, 2.75) is 25.2 Å². The molecule has 94 valence electrons. The van der Waals surface area contributed by atoms with Gasteiger partial charge in [0.1, 0.15) is 4.90 Å². The molecule has 17 heavy (non-hydrogen) atoms. The first-order valence-corrected chi connectivity index (χ1v) is 6.84. The van der Waals surface area contributed by atoms with Gasteiger partial charge in [0, 0.05) is 6.54 Å². The van der Waals surface area contributed by atoms with Crippen molar-refractivity contribution in [3.63, 3.8) is 0 Å². The predicted molar refractivity (Wildman–Crippen MR) is 70.3 cm³/mol. The number of anilines is 1. The molecular weight excluding hydrogens is 236 g/mol. The van der Waals surface area contributed by atoms with E-state index in [1.54, 1.807) is 26.0 Å². The molecule has 5 heteroatoms. The molecule has 0 aliphatic rings. The van der Waals surface area contributed by atoms with Crippen LogP contribution in [0, 0.1) is 13.8 Å². The van der Waals surface area contributed by atoms with Gasteiger partial charge in [0.05, 0.1) is 5.69 Å². The third-order valence-electron chi connectivity index (χ3n) is 2.52. The third kappa shape index (κ3) is 3.08. The highest BCUT2D eigenvalue weighted by molar-refractivity contribution is 7.89. The van der Waals surface area contributed by atoms with Gasteiger partial charge in [0.2, 0.25) is 10.0 Å². The van der Waals surface area contributed by atoms with Gasteiger partial charge in [-0.05, 0) is 31.4 Å². The van der Waals surface area contributed by atoms with Crippen LogP contribution >= 0.6 is 0 Å². The van der Waals surface area contributed by atoms with Crippen LogP contribution in [0.1, 0.15) is 17.5 Å². The number of hydrogen-bond acceptors (Lipinski definition) is 3. The zero-order valence-electron chi connectivity index (χ0n) is 10.2. The average Bonchev–Trinajstić information content (AvgIpc) is 2.24. The molecule has 0 atom stereocenters. The minimum absolute atomic E-state index is 0.182. The van der Waals surface area contributed by atoms with Crippen LogP contribution in [0.3, 0.4) is 0 Å². The van der Waals surface area contributed by atoms with E-state index in [0.717, 1.165) is 5.56 Å². The Morgan fingerprint density at radius 3 is 2.53 bits per heavy atom. The fourth-order valence-corrected chi connectivity index (χ4v) is 3.00. The third-order valence-corrected chi connectivity index (χ3v) is 4.18. The van der Waals surface area contributed by atoms with E-state index < -0.39 is 10.0 Å². The van der Waals surface area contributed by atoms with Gasteiger partial charge >= 0.3 is 0 Å². The number of rotatable bonds is 5. The minimum Gasteiger partial charge on any atom is -0.397 e. The van der Waals surface area contributed by atoms with Crippen LogP contribution in [0.15, 0.2) is 29.7 Å². The van der Waals surface area contributed by atoms with E-state index in [4.69, 9.17) is 5.73 Å². The van der Waals surface area contributed by atoms with Crippen LogP contribution in [-0.4, -0.2) is 15.0 Å². The molecule has 0 aliphatic heterocycles. The second-order valence-electron chi connectivity index (χ2n) is 3.92. The van der Waals surface area contributed by atoms with E-state index in [9.17, 15) is 8.42 Å². The summed E-state index contributed by atoms with van der Waals surface area (Å²) in [5.41, 5.74) is 7.57. The topological polar surface area (TPSA) is 72.2 Å². The van der Waals surface area contributed by atoms with E-state index in [-0.39, 0.29) is 4.90 Å². The lowest BCUT2D eigenvalue weighted by molar-refractivity contribution is 0.582. The predicted octanol–water partition coefficient (Wildman–Crippen LogP) is 1.74. The number of nitrogen functional groups attached to an aromatic ring is 1. The van der Waals surface area contributed by atoms with Crippen molar-refractivity contribution in [2.24, 2.45) is 0 Å². The average molecular weight is 254 g/mol. The first kappa shape index (κ1) is 13.7. The lowest BCUT2D eigenvalue weighted by Crippen LogP contribution is -2.26. The Hall–Kier alpha value is -1.33. The summed E-state index contributed by atoms with van der Waals surface area (Å²) in [7, 11) is -3.54. The zero-order valence-corrected chi connectivity index (χ0v) is 11.0. The van der Waals surface area contributed by atoms with E-state index in [1.165, 1.54) is 0 Å². The molecular formula is C12H18N2O2S. The molecule has 3 N–H and O–H groups in total. The fourth-order valence-electron chi connectivity index (χ4n) is 1.53. The molecule has 0 bridgehead atoms. The number of benzene rings is 1. The van der Waals surface area contributed by atoms with Crippen molar-refractivity contribution in [3.05, 3.63) is 35.9 Å². The molecule has 1 aromatic rings. The van der Waals surface area contributed by atoms with Crippen molar-refractivity contribution >= 4 is 15.7 Å². The van der Waals surface area contributed by atoms with Gasteiger partial charge in [-0.2, -0.15) is 0 Å². The van der Waals surface area contributed by atoms with Crippen molar-refractivity contribution in [1.82, 2.24) is 4.72 Å². The minimum atomic E-state index is -3.54. The van der Waals surface area contributed by atoms with E-state index in [1.807, 2.05) is 6.07 Å². The Bertz CT molecular complexity index is 522. The summed E-state index contributed by atoms with van der Waals surface area (Å²) >= 11 is 0. The second-order valence-corrected chi connectivity index (χ2v) is 5.62. The summed E-state index contributed by atoms with van der Waals surface area (Å²) in [4.78, 5) is 0.182. The molecule has 0 aliphatic carbocycles. The summed E-state index contributed by atoms with van der Waals surface area (Å²) in [6, 6.07) is 3.57. The number of nitrogens with one attached hydrogen (secondary N) is 1. The van der Waals surface area contributed by atoms with Gasteiger partial charge < -0.3 is 5.73 Å². The van der Waals surface area contributed by atoms with Gasteiger partial charge in [0.25, 0.3) is 0 Å². The smallest absolute Gasteiger partial charge is 0.242 e. The van der Waals surface area contributed by atoms with Crippen molar-refractivity contribution < 1.29 is 8.42 Å².